The minimum Gasteiger partial charge on any atom is -0.482 e. The first-order valence-corrected chi connectivity index (χ1v) is 8.94. The van der Waals surface area contributed by atoms with Crippen LogP contribution in [-0.4, -0.2) is 36.8 Å². The molecule has 2 saturated heterocycles. The number of carbonyl (C=O) groups is 1. The first kappa shape index (κ1) is 15.4. The van der Waals surface area contributed by atoms with Gasteiger partial charge < -0.3 is 20.1 Å². The lowest BCUT2D eigenvalue weighted by Gasteiger charge is -2.52. The molecule has 4 aliphatic rings. The lowest BCUT2D eigenvalue weighted by Crippen LogP contribution is -2.60. The maximum Gasteiger partial charge on any atom is 0.265 e. The van der Waals surface area contributed by atoms with E-state index in [0.29, 0.717) is 13.2 Å². The van der Waals surface area contributed by atoms with Crippen LogP contribution in [0.4, 0.5) is 5.69 Å². The van der Waals surface area contributed by atoms with E-state index in [1.165, 1.54) is 0 Å². The summed E-state index contributed by atoms with van der Waals surface area (Å²) in [5.74, 6) is 0.770. The first-order valence-electron chi connectivity index (χ1n) is 8.14. The molecule has 5 rings (SSSR count). The molecule has 3 heterocycles. The number of ether oxygens (including phenoxy) is 2. The van der Waals surface area contributed by atoms with E-state index < -0.39 is 0 Å². The molecule has 3 fully saturated rings. The zero-order valence-corrected chi connectivity index (χ0v) is 14.6. The molecule has 3 aliphatic heterocycles. The number of anilines is 1. The van der Waals surface area contributed by atoms with Crippen LogP contribution in [0, 0.1) is 0 Å². The molecule has 23 heavy (non-hydrogen) atoms. The molecule has 0 radical (unpaired) electrons. The number of nitrogens with zero attached hydrogens (tertiary/aromatic N) is 1. The third-order valence-corrected chi connectivity index (χ3v) is 5.97. The van der Waals surface area contributed by atoms with Crippen LogP contribution < -0.4 is 15.4 Å². The predicted octanol–water partition coefficient (Wildman–Crippen LogP) is 2.61. The zero-order chi connectivity index (χ0) is 16.1. The van der Waals surface area contributed by atoms with Gasteiger partial charge in [-0.05, 0) is 50.3 Å². The van der Waals surface area contributed by atoms with E-state index in [1.54, 1.807) is 0 Å². The SMILES string of the molecule is NC12CCC(CCN3C(=O)COc4ccc(Br)cc43)(CC1)OC2. The molecule has 1 aromatic carbocycles. The standard InChI is InChI=1S/C17H21BrN2O3/c18-12-1-2-14-13(9-12)20(15(21)10-22-14)8-7-17-5-3-16(19,4-6-17)11-23-17/h1-2,9H,3-8,10-11,19H2. The average molecular weight is 381 g/mol. The predicted molar refractivity (Wildman–Crippen MR) is 90.7 cm³/mol. The van der Waals surface area contributed by atoms with Crippen molar-refractivity contribution >= 4 is 27.5 Å². The molecule has 2 bridgehead atoms. The Morgan fingerprint density at radius 2 is 2.04 bits per heavy atom. The molecule has 0 unspecified atom stereocenters. The van der Waals surface area contributed by atoms with Crippen LogP contribution >= 0.6 is 15.9 Å². The Balaban J connectivity index is 1.51. The maximum absolute atomic E-state index is 12.3. The monoisotopic (exact) mass is 380 g/mol. The summed E-state index contributed by atoms with van der Waals surface area (Å²) in [6.07, 6.45) is 4.87. The van der Waals surface area contributed by atoms with E-state index >= 15 is 0 Å². The number of rotatable bonds is 3. The molecular formula is C17H21BrN2O3. The summed E-state index contributed by atoms with van der Waals surface area (Å²) in [5.41, 5.74) is 6.90. The van der Waals surface area contributed by atoms with Crippen LogP contribution in [-0.2, 0) is 9.53 Å². The van der Waals surface area contributed by atoms with Crippen LogP contribution in [0.2, 0.25) is 0 Å². The van der Waals surface area contributed by atoms with E-state index in [0.717, 1.165) is 48.0 Å². The van der Waals surface area contributed by atoms with Gasteiger partial charge in [-0.15, -0.1) is 0 Å². The van der Waals surface area contributed by atoms with E-state index in [1.807, 2.05) is 23.1 Å². The Kier molecular flexibility index (Phi) is 3.66. The van der Waals surface area contributed by atoms with Gasteiger partial charge in [-0.25, -0.2) is 0 Å². The van der Waals surface area contributed by atoms with Gasteiger partial charge in [0.25, 0.3) is 5.91 Å². The third kappa shape index (κ3) is 2.77. The molecule has 6 heteroatoms. The molecule has 0 atom stereocenters. The van der Waals surface area contributed by atoms with E-state index in [4.69, 9.17) is 15.2 Å². The van der Waals surface area contributed by atoms with Gasteiger partial charge >= 0.3 is 0 Å². The van der Waals surface area contributed by atoms with Gasteiger partial charge in [-0.2, -0.15) is 0 Å². The smallest absolute Gasteiger partial charge is 0.265 e. The summed E-state index contributed by atoms with van der Waals surface area (Å²) in [7, 11) is 0. The highest BCUT2D eigenvalue weighted by atomic mass is 79.9. The van der Waals surface area contributed by atoms with E-state index in [2.05, 4.69) is 15.9 Å². The second kappa shape index (κ2) is 5.46. The second-order valence-corrected chi connectivity index (χ2v) is 7.95. The highest BCUT2D eigenvalue weighted by Gasteiger charge is 2.48. The third-order valence-electron chi connectivity index (χ3n) is 5.48. The Morgan fingerprint density at radius 1 is 1.26 bits per heavy atom. The molecule has 0 aromatic heterocycles. The normalized spacial score (nSPS) is 32.6. The van der Waals surface area contributed by atoms with E-state index in [9.17, 15) is 4.79 Å². The minimum atomic E-state index is -0.117. The summed E-state index contributed by atoms with van der Waals surface area (Å²) < 4.78 is 12.6. The zero-order valence-electron chi connectivity index (χ0n) is 13.0. The van der Waals surface area contributed by atoms with Crippen molar-refractivity contribution in [2.75, 3.05) is 24.7 Å². The van der Waals surface area contributed by atoms with Crippen LogP contribution in [0.3, 0.4) is 0 Å². The number of benzene rings is 1. The minimum absolute atomic E-state index is 0.00629. The summed E-state index contributed by atoms with van der Waals surface area (Å²) in [6.45, 7) is 1.41. The Labute approximate surface area is 144 Å². The Morgan fingerprint density at radius 3 is 2.74 bits per heavy atom. The van der Waals surface area contributed by atoms with Crippen molar-refractivity contribution in [3.05, 3.63) is 22.7 Å². The maximum atomic E-state index is 12.3. The molecule has 0 spiro atoms. The average Bonchev–Trinajstić information content (AvgIpc) is 2.55. The Bertz CT molecular complexity index is 624. The fraction of sp³-hybridized carbons (Fsp3) is 0.588. The Hall–Kier alpha value is -1.11. The van der Waals surface area contributed by atoms with Gasteiger partial charge in [-0.1, -0.05) is 15.9 Å². The van der Waals surface area contributed by atoms with Crippen molar-refractivity contribution in [1.29, 1.82) is 0 Å². The molecule has 5 nitrogen and oxygen atoms in total. The van der Waals surface area contributed by atoms with Crippen molar-refractivity contribution in [3.8, 4) is 5.75 Å². The van der Waals surface area contributed by atoms with Gasteiger partial charge in [0.2, 0.25) is 0 Å². The van der Waals surface area contributed by atoms with Gasteiger partial charge in [0, 0.05) is 16.6 Å². The highest BCUT2D eigenvalue weighted by Crippen LogP contribution is 2.45. The molecule has 2 N–H and O–H groups in total. The lowest BCUT2D eigenvalue weighted by atomic mass is 9.70. The largest absolute Gasteiger partial charge is 0.482 e. The van der Waals surface area contributed by atoms with E-state index in [-0.39, 0.29) is 23.7 Å². The topological polar surface area (TPSA) is 64.8 Å². The number of nitrogens with two attached hydrogens (primary N) is 1. The summed E-state index contributed by atoms with van der Waals surface area (Å²) in [5, 5.41) is 0. The number of amides is 1. The molecule has 124 valence electrons. The number of hydrogen-bond acceptors (Lipinski definition) is 4. The molecule has 1 aromatic rings. The summed E-state index contributed by atoms with van der Waals surface area (Å²) in [6, 6.07) is 5.77. The number of carbonyl (C=O) groups excluding carboxylic acids is 1. The molecular weight excluding hydrogens is 360 g/mol. The fourth-order valence-corrected chi connectivity index (χ4v) is 4.20. The van der Waals surface area contributed by atoms with Gasteiger partial charge in [-0.3, -0.25) is 4.79 Å². The highest BCUT2D eigenvalue weighted by molar-refractivity contribution is 9.10. The van der Waals surface area contributed by atoms with Crippen LogP contribution in [0.1, 0.15) is 32.1 Å². The first-order chi connectivity index (χ1) is 11.0. The quantitative estimate of drug-likeness (QED) is 0.874. The summed E-state index contributed by atoms with van der Waals surface area (Å²) >= 11 is 3.47. The number of fused-ring (bicyclic) bond motifs is 4. The number of halogens is 1. The van der Waals surface area contributed by atoms with Crippen molar-refractivity contribution in [1.82, 2.24) is 0 Å². The van der Waals surface area contributed by atoms with Crippen molar-refractivity contribution in [3.63, 3.8) is 0 Å². The van der Waals surface area contributed by atoms with Gasteiger partial charge in [0.1, 0.15) is 5.75 Å². The lowest BCUT2D eigenvalue weighted by molar-refractivity contribution is -0.155. The number of hydrogen-bond donors (Lipinski definition) is 1. The van der Waals surface area contributed by atoms with Crippen molar-refractivity contribution in [2.45, 2.75) is 43.2 Å². The van der Waals surface area contributed by atoms with Gasteiger partial charge in [0.05, 0.1) is 17.9 Å². The molecule has 1 aliphatic carbocycles. The van der Waals surface area contributed by atoms with Crippen molar-refractivity contribution in [2.24, 2.45) is 5.73 Å². The fourth-order valence-electron chi connectivity index (χ4n) is 3.85. The van der Waals surface area contributed by atoms with Crippen LogP contribution in [0.15, 0.2) is 22.7 Å². The van der Waals surface area contributed by atoms with Crippen LogP contribution in [0.5, 0.6) is 5.75 Å². The van der Waals surface area contributed by atoms with Crippen molar-refractivity contribution < 1.29 is 14.3 Å². The molecule has 1 amide bonds. The molecule has 1 saturated carbocycles. The van der Waals surface area contributed by atoms with Crippen LogP contribution in [0.25, 0.3) is 0 Å². The second-order valence-electron chi connectivity index (χ2n) is 7.03. The summed E-state index contributed by atoms with van der Waals surface area (Å²) in [4.78, 5) is 14.2. The van der Waals surface area contributed by atoms with Gasteiger partial charge in [0.15, 0.2) is 6.61 Å².